The van der Waals surface area contributed by atoms with Gasteiger partial charge < -0.3 is 9.72 Å². The van der Waals surface area contributed by atoms with Gasteiger partial charge in [0.2, 0.25) is 0 Å². The van der Waals surface area contributed by atoms with Crippen LogP contribution in [0.5, 0.6) is 5.75 Å². The van der Waals surface area contributed by atoms with E-state index in [1.54, 1.807) is 11.3 Å². The molecule has 0 aliphatic carbocycles. The Morgan fingerprint density at radius 2 is 1.92 bits per heavy atom. The Morgan fingerprint density at radius 3 is 2.72 bits per heavy atom. The highest BCUT2D eigenvalue weighted by molar-refractivity contribution is 7.09. The fourth-order valence-electron chi connectivity index (χ4n) is 4.23. The molecule has 0 saturated heterocycles. The minimum absolute atomic E-state index is 0.0912. The maximum absolute atomic E-state index is 13.0. The molecule has 0 fully saturated rings. The molecule has 0 spiro atoms. The minimum atomic E-state index is -0.0912. The van der Waals surface area contributed by atoms with Crippen LogP contribution in [0.15, 0.2) is 76.9 Å². The van der Waals surface area contributed by atoms with Crippen molar-refractivity contribution < 1.29 is 4.74 Å². The summed E-state index contributed by atoms with van der Waals surface area (Å²) < 4.78 is 7.50. The van der Waals surface area contributed by atoms with Gasteiger partial charge in [-0.15, -0.1) is 16.4 Å². The van der Waals surface area contributed by atoms with Gasteiger partial charge in [-0.05, 0) is 65.0 Å². The Labute approximate surface area is 213 Å². The van der Waals surface area contributed by atoms with E-state index in [-0.39, 0.29) is 5.56 Å². The van der Waals surface area contributed by atoms with Gasteiger partial charge in [0.05, 0.1) is 13.2 Å². The Hall–Kier alpha value is -3.82. The van der Waals surface area contributed by atoms with Crippen LogP contribution < -0.4 is 10.3 Å². The highest BCUT2D eigenvalue weighted by Crippen LogP contribution is 2.21. The number of fused-ring (bicyclic) bond motifs is 1. The number of ether oxygens (including phenoxy) is 1. The molecule has 0 aliphatic rings. The van der Waals surface area contributed by atoms with Crippen molar-refractivity contribution in [3.63, 3.8) is 0 Å². The zero-order valence-electron chi connectivity index (χ0n) is 20.1. The molecule has 9 heteroatoms. The third kappa shape index (κ3) is 5.87. The molecule has 0 unspecified atom stereocenters. The second-order valence-corrected chi connectivity index (χ2v) is 9.62. The first-order chi connectivity index (χ1) is 17.7. The molecule has 0 bridgehead atoms. The van der Waals surface area contributed by atoms with Crippen LogP contribution in [-0.4, -0.2) is 36.7 Å². The van der Waals surface area contributed by atoms with Crippen LogP contribution in [-0.2, 0) is 32.6 Å². The number of aromatic nitrogens is 5. The van der Waals surface area contributed by atoms with E-state index in [9.17, 15) is 4.79 Å². The number of tetrazole rings is 1. The lowest BCUT2D eigenvalue weighted by Crippen LogP contribution is -2.28. The number of benzene rings is 2. The lowest BCUT2D eigenvalue weighted by molar-refractivity contribution is 0.237. The predicted octanol–water partition coefficient (Wildman–Crippen LogP) is 4.42. The van der Waals surface area contributed by atoms with Crippen molar-refractivity contribution in [3.05, 3.63) is 104 Å². The van der Waals surface area contributed by atoms with Crippen LogP contribution in [0.2, 0.25) is 0 Å². The Morgan fingerprint density at radius 1 is 1.03 bits per heavy atom. The molecule has 0 aliphatic heterocycles. The van der Waals surface area contributed by atoms with Gasteiger partial charge in [0.1, 0.15) is 5.75 Å². The van der Waals surface area contributed by atoms with Gasteiger partial charge in [-0.2, -0.15) is 0 Å². The van der Waals surface area contributed by atoms with Gasteiger partial charge in [0.25, 0.3) is 5.56 Å². The highest BCUT2D eigenvalue weighted by Gasteiger charge is 2.16. The maximum Gasteiger partial charge on any atom is 0.252 e. The monoisotopic (exact) mass is 500 g/mol. The highest BCUT2D eigenvalue weighted by atomic mass is 32.1. The predicted molar refractivity (Wildman–Crippen MR) is 141 cm³/mol. The summed E-state index contributed by atoms with van der Waals surface area (Å²) in [5.41, 5.74) is 2.63. The zero-order chi connectivity index (χ0) is 24.7. The van der Waals surface area contributed by atoms with Crippen molar-refractivity contribution in [2.75, 3.05) is 6.61 Å². The first-order valence-electron chi connectivity index (χ1n) is 12.0. The number of thiophene rings is 1. The maximum atomic E-state index is 13.0. The van der Waals surface area contributed by atoms with E-state index in [0.717, 1.165) is 28.9 Å². The summed E-state index contributed by atoms with van der Waals surface area (Å²) in [5.74, 6) is 1.56. The van der Waals surface area contributed by atoms with Gasteiger partial charge in [0, 0.05) is 41.0 Å². The van der Waals surface area contributed by atoms with Gasteiger partial charge >= 0.3 is 0 Å². The zero-order valence-corrected chi connectivity index (χ0v) is 20.9. The van der Waals surface area contributed by atoms with Gasteiger partial charge in [-0.25, -0.2) is 4.68 Å². The van der Waals surface area contributed by atoms with E-state index < -0.39 is 0 Å². The second-order valence-electron chi connectivity index (χ2n) is 8.58. The average Bonchev–Trinajstić information content (AvgIpc) is 3.56. The summed E-state index contributed by atoms with van der Waals surface area (Å²) in [5, 5.41) is 15.5. The fourth-order valence-corrected chi connectivity index (χ4v) is 4.97. The number of pyridine rings is 1. The SMILES string of the molecule is CCOc1ccc2[nH]c(=O)c(CN(Cc3cccs3)Cc3nnnn3CCc3ccccc3)cc2c1. The number of nitrogens with one attached hydrogen (secondary N) is 1. The number of hydrogen-bond donors (Lipinski definition) is 1. The normalized spacial score (nSPS) is 11.4. The van der Waals surface area contributed by atoms with Crippen LogP contribution in [0, 0.1) is 0 Å². The summed E-state index contributed by atoms with van der Waals surface area (Å²) in [6, 6.07) is 22.1. The molecule has 8 nitrogen and oxygen atoms in total. The molecule has 5 rings (SSSR count). The van der Waals surface area contributed by atoms with Crippen LogP contribution >= 0.6 is 11.3 Å². The molecule has 184 valence electrons. The molecule has 0 saturated carbocycles. The van der Waals surface area contributed by atoms with Crippen molar-refractivity contribution in [1.29, 1.82) is 0 Å². The summed E-state index contributed by atoms with van der Waals surface area (Å²) in [7, 11) is 0. The summed E-state index contributed by atoms with van der Waals surface area (Å²) in [6.45, 7) is 4.92. The van der Waals surface area contributed by atoms with Crippen LogP contribution in [0.25, 0.3) is 10.9 Å². The molecule has 3 heterocycles. The van der Waals surface area contributed by atoms with Gasteiger partial charge in [-0.3, -0.25) is 9.69 Å². The van der Waals surface area contributed by atoms with Crippen LogP contribution in [0.1, 0.15) is 28.8 Å². The van der Waals surface area contributed by atoms with Crippen LogP contribution in [0.3, 0.4) is 0 Å². The number of aryl methyl sites for hydroxylation is 2. The number of hydrogen-bond acceptors (Lipinski definition) is 7. The summed E-state index contributed by atoms with van der Waals surface area (Å²) >= 11 is 1.70. The van der Waals surface area contributed by atoms with E-state index in [2.05, 4.69) is 49.0 Å². The van der Waals surface area contributed by atoms with Gasteiger partial charge in [0.15, 0.2) is 5.82 Å². The van der Waals surface area contributed by atoms with Gasteiger partial charge in [-0.1, -0.05) is 36.4 Å². The molecule has 1 N–H and O–H groups in total. The Kier molecular flexibility index (Phi) is 7.49. The molecule has 36 heavy (non-hydrogen) atoms. The summed E-state index contributed by atoms with van der Waals surface area (Å²) in [4.78, 5) is 19.4. The van der Waals surface area contributed by atoms with E-state index in [1.807, 2.05) is 60.1 Å². The topological polar surface area (TPSA) is 88.9 Å². The molecular formula is C27H28N6O2S. The molecule has 0 amide bonds. The van der Waals surface area contributed by atoms with Crippen LogP contribution in [0.4, 0.5) is 0 Å². The first-order valence-corrected chi connectivity index (χ1v) is 12.9. The third-order valence-electron chi connectivity index (χ3n) is 5.98. The Bertz CT molecular complexity index is 1460. The fraction of sp³-hybridized carbons (Fsp3) is 0.259. The molecular weight excluding hydrogens is 472 g/mol. The molecule has 5 aromatic rings. The number of aromatic amines is 1. The largest absolute Gasteiger partial charge is 0.494 e. The van der Waals surface area contributed by atoms with Crippen molar-refractivity contribution in [1.82, 2.24) is 30.1 Å². The van der Waals surface area contributed by atoms with E-state index in [0.29, 0.717) is 38.3 Å². The lowest BCUT2D eigenvalue weighted by Gasteiger charge is -2.21. The minimum Gasteiger partial charge on any atom is -0.494 e. The third-order valence-corrected chi connectivity index (χ3v) is 6.84. The average molecular weight is 501 g/mol. The molecule has 3 aromatic heterocycles. The van der Waals surface area contributed by atoms with E-state index in [4.69, 9.17) is 4.74 Å². The van der Waals surface area contributed by atoms with Crippen molar-refractivity contribution in [3.8, 4) is 5.75 Å². The first kappa shape index (κ1) is 23.9. The molecule has 0 radical (unpaired) electrons. The summed E-state index contributed by atoms with van der Waals surface area (Å²) in [6.07, 6.45) is 0.844. The number of nitrogens with zero attached hydrogens (tertiary/aromatic N) is 5. The van der Waals surface area contributed by atoms with Crippen molar-refractivity contribution in [2.24, 2.45) is 0 Å². The number of H-pyrrole nitrogens is 1. The standard InChI is InChI=1S/C27H28N6O2S/c1-2-35-23-10-11-25-21(16-23)15-22(27(34)28-25)17-32(18-24-9-6-14-36-24)19-26-29-30-31-33(26)13-12-20-7-4-3-5-8-20/h3-11,14-16H,2,12-13,17-19H2,1H3,(H,28,34). The van der Waals surface area contributed by atoms with Crippen molar-refractivity contribution in [2.45, 2.75) is 39.5 Å². The number of rotatable bonds is 11. The molecule has 2 aromatic carbocycles. The Balaban J connectivity index is 1.38. The van der Waals surface area contributed by atoms with E-state index >= 15 is 0 Å². The smallest absolute Gasteiger partial charge is 0.252 e. The van der Waals surface area contributed by atoms with E-state index in [1.165, 1.54) is 10.4 Å². The van der Waals surface area contributed by atoms with Crippen molar-refractivity contribution >= 4 is 22.2 Å². The molecule has 0 atom stereocenters. The quantitative estimate of drug-likeness (QED) is 0.289. The second kappa shape index (κ2) is 11.3. The lowest BCUT2D eigenvalue weighted by atomic mass is 10.1.